The van der Waals surface area contributed by atoms with Crippen LogP contribution in [-0.4, -0.2) is 79.6 Å². The standard InChI is InChI=1S/C18H26N4O/c23-18(21-11-8-19-9-12-21)22-15-13-20(14-16-22)10-4-7-17-5-2-1-3-6-17/h1-7,19H,8-16H2/b7-4+. The maximum absolute atomic E-state index is 12.5. The molecule has 3 rings (SSSR count). The van der Waals surface area contributed by atoms with Gasteiger partial charge in [-0.2, -0.15) is 0 Å². The maximum atomic E-state index is 12.5. The fourth-order valence-electron chi connectivity index (χ4n) is 3.08. The lowest BCUT2D eigenvalue weighted by molar-refractivity contribution is 0.113. The van der Waals surface area contributed by atoms with Gasteiger partial charge in [-0.05, 0) is 5.56 Å². The molecule has 0 spiro atoms. The Morgan fingerprint density at radius 2 is 1.61 bits per heavy atom. The first kappa shape index (κ1) is 16.0. The monoisotopic (exact) mass is 314 g/mol. The SMILES string of the molecule is O=C(N1CCNCC1)N1CCN(C/C=C/c2ccccc2)CC1. The fraction of sp³-hybridized carbons (Fsp3) is 0.500. The summed E-state index contributed by atoms with van der Waals surface area (Å²) in [4.78, 5) is 18.8. The molecule has 0 unspecified atom stereocenters. The fourth-order valence-corrected chi connectivity index (χ4v) is 3.08. The lowest BCUT2D eigenvalue weighted by atomic mass is 10.2. The minimum atomic E-state index is 0.214. The Morgan fingerprint density at radius 1 is 0.957 bits per heavy atom. The van der Waals surface area contributed by atoms with Crippen LogP contribution in [0, 0.1) is 0 Å². The van der Waals surface area contributed by atoms with E-state index in [0.717, 1.165) is 58.9 Å². The molecular weight excluding hydrogens is 288 g/mol. The number of hydrogen-bond donors (Lipinski definition) is 1. The van der Waals surface area contributed by atoms with Crippen molar-refractivity contribution >= 4 is 12.1 Å². The predicted octanol–water partition coefficient (Wildman–Crippen LogP) is 1.34. The van der Waals surface area contributed by atoms with Gasteiger partial charge in [-0.3, -0.25) is 4.90 Å². The second-order valence-corrected chi connectivity index (χ2v) is 6.12. The second-order valence-electron chi connectivity index (χ2n) is 6.12. The van der Waals surface area contributed by atoms with Gasteiger partial charge in [0.05, 0.1) is 0 Å². The predicted molar refractivity (Wildman–Crippen MR) is 93.3 cm³/mol. The van der Waals surface area contributed by atoms with Crippen LogP contribution < -0.4 is 5.32 Å². The zero-order chi connectivity index (χ0) is 15.9. The second kappa shape index (κ2) is 8.13. The third kappa shape index (κ3) is 4.56. The van der Waals surface area contributed by atoms with E-state index < -0.39 is 0 Å². The summed E-state index contributed by atoms with van der Waals surface area (Å²) >= 11 is 0. The van der Waals surface area contributed by atoms with E-state index in [-0.39, 0.29) is 6.03 Å². The normalized spacial score (nSPS) is 20.2. The summed E-state index contributed by atoms with van der Waals surface area (Å²) in [5, 5.41) is 3.29. The Morgan fingerprint density at radius 3 is 2.30 bits per heavy atom. The summed E-state index contributed by atoms with van der Waals surface area (Å²) < 4.78 is 0. The molecule has 0 aromatic heterocycles. The van der Waals surface area contributed by atoms with Crippen LogP contribution in [0.25, 0.3) is 6.08 Å². The molecular formula is C18H26N4O. The Bertz CT molecular complexity index is 517. The highest BCUT2D eigenvalue weighted by Gasteiger charge is 2.25. The summed E-state index contributed by atoms with van der Waals surface area (Å²) in [6.45, 7) is 8.02. The molecule has 1 aromatic carbocycles. The van der Waals surface area contributed by atoms with Crippen LogP contribution in [0.1, 0.15) is 5.56 Å². The van der Waals surface area contributed by atoms with Crippen molar-refractivity contribution in [2.75, 3.05) is 58.9 Å². The summed E-state index contributed by atoms with van der Waals surface area (Å²) in [5.74, 6) is 0. The summed E-state index contributed by atoms with van der Waals surface area (Å²) in [5.41, 5.74) is 1.24. The van der Waals surface area contributed by atoms with Crippen molar-refractivity contribution in [3.05, 3.63) is 42.0 Å². The third-order valence-corrected chi connectivity index (χ3v) is 4.50. The molecule has 0 bridgehead atoms. The zero-order valence-electron chi connectivity index (χ0n) is 13.7. The van der Waals surface area contributed by atoms with Gasteiger partial charge in [-0.25, -0.2) is 4.79 Å². The van der Waals surface area contributed by atoms with E-state index in [9.17, 15) is 4.79 Å². The van der Waals surface area contributed by atoms with Crippen LogP contribution in [0.5, 0.6) is 0 Å². The van der Waals surface area contributed by atoms with Crippen LogP contribution in [0.4, 0.5) is 4.79 Å². The quantitative estimate of drug-likeness (QED) is 0.915. The van der Waals surface area contributed by atoms with Gasteiger partial charge in [0.1, 0.15) is 0 Å². The largest absolute Gasteiger partial charge is 0.322 e. The lowest BCUT2D eigenvalue weighted by Crippen LogP contribution is -2.56. The average Bonchev–Trinajstić information content (AvgIpc) is 2.63. The number of amides is 2. The van der Waals surface area contributed by atoms with Gasteiger partial charge in [0.15, 0.2) is 0 Å². The molecule has 1 N–H and O–H groups in total. The van der Waals surface area contributed by atoms with Crippen LogP contribution in [0.2, 0.25) is 0 Å². The van der Waals surface area contributed by atoms with E-state index in [2.05, 4.69) is 46.6 Å². The Kier molecular flexibility index (Phi) is 5.66. The van der Waals surface area contributed by atoms with Crippen LogP contribution in [0.3, 0.4) is 0 Å². The van der Waals surface area contributed by atoms with Crippen molar-refractivity contribution in [2.45, 2.75) is 0 Å². The number of urea groups is 1. The van der Waals surface area contributed by atoms with Crippen molar-refractivity contribution in [3.8, 4) is 0 Å². The Labute approximate surface area is 138 Å². The number of nitrogens with zero attached hydrogens (tertiary/aromatic N) is 3. The molecule has 5 nitrogen and oxygen atoms in total. The molecule has 2 amide bonds. The van der Waals surface area contributed by atoms with Gasteiger partial charge in [-0.15, -0.1) is 0 Å². The molecule has 0 atom stereocenters. The lowest BCUT2D eigenvalue weighted by Gasteiger charge is -2.38. The first-order chi connectivity index (χ1) is 11.3. The smallest absolute Gasteiger partial charge is 0.320 e. The molecule has 23 heavy (non-hydrogen) atoms. The number of rotatable bonds is 3. The number of carbonyl (C=O) groups is 1. The van der Waals surface area contributed by atoms with Crippen LogP contribution in [-0.2, 0) is 0 Å². The van der Waals surface area contributed by atoms with Gasteiger partial charge in [0.25, 0.3) is 0 Å². The van der Waals surface area contributed by atoms with E-state index in [1.165, 1.54) is 5.56 Å². The number of carbonyl (C=O) groups excluding carboxylic acids is 1. The van der Waals surface area contributed by atoms with E-state index in [1.54, 1.807) is 0 Å². The number of hydrogen-bond acceptors (Lipinski definition) is 3. The number of piperazine rings is 2. The van der Waals surface area contributed by atoms with Crippen molar-refractivity contribution in [1.29, 1.82) is 0 Å². The maximum Gasteiger partial charge on any atom is 0.320 e. The van der Waals surface area contributed by atoms with Gasteiger partial charge in [-0.1, -0.05) is 42.5 Å². The molecule has 2 fully saturated rings. The molecule has 0 aliphatic carbocycles. The average molecular weight is 314 g/mol. The van der Waals surface area contributed by atoms with Crippen molar-refractivity contribution in [3.63, 3.8) is 0 Å². The molecule has 124 valence electrons. The Hall–Kier alpha value is -1.85. The third-order valence-electron chi connectivity index (χ3n) is 4.50. The van der Waals surface area contributed by atoms with Gasteiger partial charge < -0.3 is 15.1 Å². The zero-order valence-corrected chi connectivity index (χ0v) is 13.7. The molecule has 0 radical (unpaired) electrons. The van der Waals surface area contributed by atoms with E-state index in [0.29, 0.717) is 0 Å². The van der Waals surface area contributed by atoms with Crippen molar-refractivity contribution < 1.29 is 4.79 Å². The van der Waals surface area contributed by atoms with Gasteiger partial charge in [0.2, 0.25) is 0 Å². The van der Waals surface area contributed by atoms with Crippen molar-refractivity contribution in [1.82, 2.24) is 20.0 Å². The molecule has 1 aromatic rings. The summed E-state index contributed by atoms with van der Waals surface area (Å²) in [6.07, 6.45) is 4.38. The molecule has 2 saturated heterocycles. The topological polar surface area (TPSA) is 38.8 Å². The minimum absolute atomic E-state index is 0.214. The highest BCUT2D eigenvalue weighted by molar-refractivity contribution is 5.74. The van der Waals surface area contributed by atoms with Gasteiger partial charge >= 0.3 is 6.03 Å². The van der Waals surface area contributed by atoms with Crippen LogP contribution in [0.15, 0.2) is 36.4 Å². The van der Waals surface area contributed by atoms with Crippen LogP contribution >= 0.6 is 0 Å². The van der Waals surface area contributed by atoms with E-state index in [4.69, 9.17) is 0 Å². The molecule has 2 aliphatic heterocycles. The molecule has 2 heterocycles. The van der Waals surface area contributed by atoms with Crippen molar-refractivity contribution in [2.24, 2.45) is 0 Å². The highest BCUT2D eigenvalue weighted by atomic mass is 16.2. The number of benzene rings is 1. The van der Waals surface area contributed by atoms with E-state index in [1.807, 2.05) is 15.9 Å². The summed E-state index contributed by atoms with van der Waals surface area (Å²) in [6, 6.07) is 10.6. The number of nitrogens with one attached hydrogen (secondary N) is 1. The molecule has 0 saturated carbocycles. The summed E-state index contributed by atoms with van der Waals surface area (Å²) in [7, 11) is 0. The van der Waals surface area contributed by atoms with E-state index >= 15 is 0 Å². The molecule has 5 heteroatoms. The minimum Gasteiger partial charge on any atom is -0.322 e. The Balaban J connectivity index is 1.41. The van der Waals surface area contributed by atoms with Gasteiger partial charge in [0, 0.05) is 58.9 Å². The molecule has 2 aliphatic rings. The highest BCUT2D eigenvalue weighted by Crippen LogP contribution is 2.08. The first-order valence-corrected chi connectivity index (χ1v) is 8.51. The first-order valence-electron chi connectivity index (χ1n) is 8.51.